The van der Waals surface area contributed by atoms with Gasteiger partial charge in [0.15, 0.2) is 11.6 Å². The minimum absolute atomic E-state index is 0.0611. The highest BCUT2D eigenvalue weighted by Gasteiger charge is 2.40. The number of likely N-dealkylation sites (tertiary alicyclic amines) is 1. The maximum Gasteiger partial charge on any atom is 0.215 e. The molecule has 11 heteroatoms. The van der Waals surface area contributed by atoms with Crippen LogP contribution in [-0.2, 0) is 0 Å². The Balaban J connectivity index is 1.23. The monoisotopic (exact) mass is 586 g/mol. The van der Waals surface area contributed by atoms with Crippen molar-refractivity contribution in [2.75, 3.05) is 49.9 Å². The minimum Gasteiger partial charge on any atom is -0.486 e. The summed E-state index contributed by atoms with van der Waals surface area (Å²) in [6.45, 7) is 9.71. The van der Waals surface area contributed by atoms with Gasteiger partial charge in [0.05, 0.1) is 26.7 Å². The number of pyridine rings is 2. The van der Waals surface area contributed by atoms with Crippen molar-refractivity contribution in [1.29, 1.82) is 0 Å². The van der Waals surface area contributed by atoms with Crippen LogP contribution < -0.4 is 26.1 Å². The van der Waals surface area contributed by atoms with Gasteiger partial charge in [-0.25, -0.2) is 9.37 Å². The fraction of sp³-hybridized carbons (Fsp3) is 0.414. The summed E-state index contributed by atoms with van der Waals surface area (Å²) in [7, 11) is 0. The average molecular weight is 588 g/mol. The van der Waals surface area contributed by atoms with Crippen LogP contribution in [-0.4, -0.2) is 65.4 Å². The molecule has 8 nitrogen and oxygen atoms in total. The zero-order valence-electron chi connectivity index (χ0n) is 22.8. The predicted molar refractivity (Wildman–Crippen MR) is 158 cm³/mol. The average Bonchev–Trinajstić information content (AvgIpc) is 3.41. The van der Waals surface area contributed by atoms with Crippen molar-refractivity contribution < 1.29 is 14.5 Å². The van der Waals surface area contributed by atoms with Gasteiger partial charge in [-0.2, -0.15) is 0 Å². The second-order valence-electron chi connectivity index (χ2n) is 10.9. The minimum atomic E-state index is -0.462. The van der Waals surface area contributed by atoms with Gasteiger partial charge in [0.1, 0.15) is 11.9 Å². The molecular formula is C29H35Cl2FN7O+. The zero-order valence-corrected chi connectivity index (χ0v) is 24.3. The Labute approximate surface area is 244 Å². The first-order valence-corrected chi connectivity index (χ1v) is 14.3. The standard InChI is InChI=1S/C29H34Cl2FN7O/c1-18(26-22(30)14-35-15-23(26)31)40-20-5-6-25(33)21(12-20)27(34)19-11-24(32)28(36-13-19)39-16-29(2,17-39)37-7-10-38-8-3-4-9-38/h5-6,11-15,18,34,37H,3-4,7-10,16-17,33H2,1-2H3/p+1/t18-/m1/s1. The van der Waals surface area contributed by atoms with Crippen molar-refractivity contribution in [3.8, 4) is 5.75 Å². The number of halogens is 3. The number of hydrogen-bond acceptors (Lipinski definition) is 7. The lowest BCUT2D eigenvalue weighted by molar-refractivity contribution is -0.111. The van der Waals surface area contributed by atoms with Crippen molar-refractivity contribution in [2.24, 2.45) is 0 Å². The van der Waals surface area contributed by atoms with Crippen LogP contribution in [0.25, 0.3) is 0 Å². The van der Waals surface area contributed by atoms with E-state index in [-0.39, 0.29) is 5.54 Å². The van der Waals surface area contributed by atoms with E-state index in [0.717, 1.165) is 13.1 Å². The molecule has 2 aliphatic rings. The van der Waals surface area contributed by atoms with Crippen LogP contribution in [0.2, 0.25) is 10.0 Å². The summed E-state index contributed by atoms with van der Waals surface area (Å²) in [6, 6.07) is 6.54. The third-order valence-corrected chi connectivity index (χ3v) is 8.22. The second-order valence-corrected chi connectivity index (χ2v) is 11.7. The quantitative estimate of drug-likeness (QED) is 0.246. The molecule has 4 heterocycles. The highest BCUT2D eigenvalue weighted by Crippen LogP contribution is 2.34. The normalized spacial score (nSPS) is 17.5. The molecule has 0 spiro atoms. The van der Waals surface area contributed by atoms with Crippen LogP contribution in [0.3, 0.4) is 0 Å². The summed E-state index contributed by atoms with van der Waals surface area (Å²) in [5.41, 5.74) is 8.48. The molecule has 0 aliphatic carbocycles. The molecule has 2 aliphatic heterocycles. The van der Waals surface area contributed by atoms with E-state index in [0.29, 0.717) is 62.8 Å². The van der Waals surface area contributed by atoms with E-state index in [1.165, 1.54) is 44.4 Å². The molecule has 2 aromatic heterocycles. The van der Waals surface area contributed by atoms with Crippen molar-refractivity contribution in [2.45, 2.75) is 38.3 Å². The molecule has 0 amide bonds. The lowest BCUT2D eigenvalue weighted by Gasteiger charge is -2.49. The van der Waals surface area contributed by atoms with Gasteiger partial charge in [0.25, 0.3) is 0 Å². The smallest absolute Gasteiger partial charge is 0.215 e. The van der Waals surface area contributed by atoms with Gasteiger partial charge in [0, 0.05) is 56.0 Å². The summed E-state index contributed by atoms with van der Waals surface area (Å²) < 4.78 is 21.3. The number of nitrogens with one attached hydrogen (secondary N) is 1. The zero-order chi connectivity index (χ0) is 28.4. The molecule has 0 bridgehead atoms. The molecule has 5 rings (SSSR count). The molecule has 0 unspecified atom stereocenters. The van der Waals surface area contributed by atoms with Crippen LogP contribution in [0.5, 0.6) is 5.75 Å². The summed E-state index contributed by atoms with van der Waals surface area (Å²) >= 11 is 12.6. The van der Waals surface area contributed by atoms with E-state index in [1.54, 1.807) is 24.4 Å². The predicted octanol–water partition coefficient (Wildman–Crippen LogP) is 3.51. The molecule has 3 aromatic rings. The van der Waals surface area contributed by atoms with E-state index < -0.39 is 11.9 Å². The molecular weight excluding hydrogens is 552 g/mol. The SMILES string of the molecule is C[C@@H](Oc1ccc(N)c(C(=[NH2+])c2cnc(N3CC(C)(NCCN4CCCC4)C3)c(F)c2)c1)c1c(Cl)cncc1Cl. The Morgan fingerprint density at radius 3 is 2.55 bits per heavy atom. The summed E-state index contributed by atoms with van der Waals surface area (Å²) in [5, 5.41) is 10.9. The van der Waals surface area contributed by atoms with Crippen LogP contribution in [0.4, 0.5) is 15.9 Å². The Kier molecular flexibility index (Phi) is 8.47. The summed E-state index contributed by atoms with van der Waals surface area (Å²) in [6.07, 6.45) is 6.72. The van der Waals surface area contributed by atoms with Crippen molar-refractivity contribution >= 4 is 40.4 Å². The van der Waals surface area contributed by atoms with Gasteiger partial charge in [-0.3, -0.25) is 10.4 Å². The van der Waals surface area contributed by atoms with Gasteiger partial charge in [0.2, 0.25) is 5.71 Å². The van der Waals surface area contributed by atoms with Crippen molar-refractivity contribution in [3.05, 3.63) is 75.4 Å². The Morgan fingerprint density at radius 1 is 1.18 bits per heavy atom. The largest absolute Gasteiger partial charge is 0.486 e. The highest BCUT2D eigenvalue weighted by molar-refractivity contribution is 6.35. The lowest BCUT2D eigenvalue weighted by Crippen LogP contribution is -2.68. The number of ether oxygens (including phenoxy) is 1. The maximum atomic E-state index is 15.2. The first kappa shape index (κ1) is 28.5. The van der Waals surface area contributed by atoms with Crippen molar-refractivity contribution in [3.63, 3.8) is 0 Å². The maximum absolute atomic E-state index is 15.2. The van der Waals surface area contributed by atoms with Gasteiger partial charge in [-0.15, -0.1) is 0 Å². The van der Waals surface area contributed by atoms with Gasteiger partial charge >= 0.3 is 0 Å². The molecule has 2 saturated heterocycles. The van der Waals surface area contributed by atoms with Crippen molar-refractivity contribution in [1.82, 2.24) is 20.2 Å². The first-order valence-electron chi connectivity index (χ1n) is 13.5. The second kappa shape index (κ2) is 11.9. The fourth-order valence-corrected chi connectivity index (χ4v) is 6.13. The topological polar surface area (TPSA) is 105 Å². The number of nitrogens with two attached hydrogens (primary N) is 2. The number of anilines is 2. The Bertz CT molecular complexity index is 1370. The molecule has 1 atom stereocenters. The van der Waals surface area contributed by atoms with Gasteiger partial charge < -0.3 is 25.6 Å². The highest BCUT2D eigenvalue weighted by atomic mass is 35.5. The molecule has 40 heavy (non-hydrogen) atoms. The molecule has 2 fully saturated rings. The Morgan fingerprint density at radius 2 is 1.88 bits per heavy atom. The van der Waals surface area contributed by atoms with Gasteiger partial charge in [-0.1, -0.05) is 23.2 Å². The fourth-order valence-electron chi connectivity index (χ4n) is 5.46. The van der Waals surface area contributed by atoms with E-state index in [2.05, 4.69) is 27.1 Å². The molecule has 5 N–H and O–H groups in total. The number of hydrogen-bond donors (Lipinski definition) is 3. The van der Waals surface area contributed by atoms with E-state index in [9.17, 15) is 0 Å². The number of nitrogen functional groups attached to an aromatic ring is 1. The van der Waals surface area contributed by atoms with Crippen LogP contribution in [0.1, 0.15) is 49.5 Å². The number of aromatic nitrogens is 2. The molecule has 0 radical (unpaired) electrons. The molecule has 1 aromatic carbocycles. The molecule has 0 saturated carbocycles. The van der Waals surface area contributed by atoms with Crippen LogP contribution in [0, 0.1) is 5.82 Å². The van der Waals surface area contributed by atoms with Crippen LogP contribution in [0.15, 0.2) is 42.9 Å². The Hall–Kier alpha value is -2.98. The summed E-state index contributed by atoms with van der Waals surface area (Å²) in [4.78, 5) is 12.8. The lowest BCUT2D eigenvalue weighted by atomic mass is 9.92. The van der Waals surface area contributed by atoms with Crippen LogP contribution >= 0.6 is 23.2 Å². The number of nitrogens with zero attached hydrogens (tertiary/aromatic N) is 4. The summed E-state index contributed by atoms with van der Waals surface area (Å²) in [5.74, 6) is 0.396. The third-order valence-electron chi connectivity index (χ3n) is 7.62. The first-order chi connectivity index (χ1) is 19.1. The van der Waals surface area contributed by atoms with E-state index in [1.807, 2.05) is 11.8 Å². The molecule has 212 valence electrons. The van der Waals surface area contributed by atoms with Gasteiger partial charge in [-0.05, 0) is 64.0 Å². The van der Waals surface area contributed by atoms with E-state index in [4.69, 9.17) is 39.1 Å². The number of rotatable bonds is 10. The third kappa shape index (κ3) is 6.17. The number of benzene rings is 1. The van der Waals surface area contributed by atoms with E-state index >= 15 is 4.39 Å².